The van der Waals surface area contributed by atoms with Crippen LogP contribution in [0.15, 0.2) is 12.1 Å². The van der Waals surface area contributed by atoms with Crippen molar-refractivity contribution in [3.8, 4) is 0 Å². The van der Waals surface area contributed by atoms with E-state index in [0.717, 1.165) is 5.69 Å². The van der Waals surface area contributed by atoms with Gasteiger partial charge in [-0.15, -0.1) is 5.10 Å². The molecule has 0 aromatic carbocycles. The van der Waals surface area contributed by atoms with E-state index >= 15 is 0 Å². The van der Waals surface area contributed by atoms with Crippen molar-refractivity contribution >= 4 is 17.3 Å². The van der Waals surface area contributed by atoms with Crippen molar-refractivity contribution in [1.82, 2.24) is 14.6 Å². The summed E-state index contributed by atoms with van der Waals surface area (Å²) in [7, 11) is 0. The highest BCUT2D eigenvalue weighted by Gasteiger charge is 2.04. The molecule has 5 nitrogen and oxygen atoms in total. The third-order valence-corrected chi connectivity index (χ3v) is 1.72. The highest BCUT2D eigenvalue weighted by Crippen LogP contribution is 2.13. The molecule has 0 aliphatic heterocycles. The summed E-state index contributed by atoms with van der Waals surface area (Å²) in [5, 5.41) is 3.98. The summed E-state index contributed by atoms with van der Waals surface area (Å²) < 4.78 is 1.63. The molecule has 0 aliphatic carbocycles. The Balaban J connectivity index is 2.93. The van der Waals surface area contributed by atoms with Gasteiger partial charge in [-0.25, -0.2) is 4.52 Å². The van der Waals surface area contributed by atoms with Crippen molar-refractivity contribution in [3.63, 3.8) is 0 Å². The summed E-state index contributed by atoms with van der Waals surface area (Å²) in [6.07, 6.45) is 0. The fourth-order valence-corrected chi connectivity index (χ4v) is 1.12. The molecule has 2 rings (SSSR count). The molecule has 2 aromatic heterocycles. The zero-order valence-electron chi connectivity index (χ0n) is 6.65. The van der Waals surface area contributed by atoms with Gasteiger partial charge in [0.1, 0.15) is 0 Å². The smallest absolute Gasteiger partial charge is 0.240 e. The number of pyridine rings is 1. The number of nitrogens with two attached hydrogens (primary N) is 2. The van der Waals surface area contributed by atoms with Crippen LogP contribution in [0.5, 0.6) is 0 Å². The second-order valence-electron chi connectivity index (χ2n) is 2.64. The first-order valence-electron chi connectivity index (χ1n) is 3.56. The van der Waals surface area contributed by atoms with Crippen molar-refractivity contribution in [3.05, 3.63) is 17.8 Å². The van der Waals surface area contributed by atoms with Crippen LogP contribution in [0.4, 0.5) is 11.6 Å². The van der Waals surface area contributed by atoms with E-state index in [-0.39, 0.29) is 5.95 Å². The lowest BCUT2D eigenvalue weighted by molar-refractivity contribution is 0.921. The summed E-state index contributed by atoms with van der Waals surface area (Å²) in [4.78, 5) is 3.98. The Morgan fingerprint density at radius 3 is 2.75 bits per heavy atom. The molecular formula is C7H9N5. The Kier molecular flexibility index (Phi) is 1.21. The van der Waals surface area contributed by atoms with Gasteiger partial charge in [-0.05, 0) is 19.1 Å². The van der Waals surface area contributed by atoms with E-state index in [4.69, 9.17) is 11.5 Å². The first-order valence-corrected chi connectivity index (χ1v) is 3.56. The number of aromatic nitrogens is 3. The lowest BCUT2D eigenvalue weighted by Gasteiger charge is -1.98. The average Bonchev–Trinajstić information content (AvgIpc) is 2.41. The van der Waals surface area contributed by atoms with Crippen LogP contribution in [-0.2, 0) is 0 Å². The highest BCUT2D eigenvalue weighted by atomic mass is 15.3. The van der Waals surface area contributed by atoms with E-state index in [1.54, 1.807) is 10.6 Å². The van der Waals surface area contributed by atoms with Gasteiger partial charge in [0.2, 0.25) is 5.95 Å². The van der Waals surface area contributed by atoms with Crippen molar-refractivity contribution in [1.29, 1.82) is 0 Å². The van der Waals surface area contributed by atoms with Crippen LogP contribution >= 0.6 is 0 Å². The minimum absolute atomic E-state index is 0.246. The Hall–Kier alpha value is -1.78. The van der Waals surface area contributed by atoms with Gasteiger partial charge in [-0.2, -0.15) is 4.98 Å². The minimum Gasteiger partial charge on any atom is -0.396 e. The molecule has 0 atom stereocenters. The maximum Gasteiger partial charge on any atom is 0.240 e. The number of nitrogens with zero attached hydrogens (tertiary/aromatic N) is 3. The predicted octanol–water partition coefficient (Wildman–Crippen LogP) is 0.202. The molecule has 62 valence electrons. The standard InChI is InChI=1S/C7H9N5/c1-4-2-3-5(8)6-10-7(9)11-12(4)6/h2-3H,8H2,1H3,(H2,9,11). The largest absolute Gasteiger partial charge is 0.396 e. The van der Waals surface area contributed by atoms with Crippen LogP contribution in [-0.4, -0.2) is 14.6 Å². The van der Waals surface area contributed by atoms with Crippen LogP contribution in [0.1, 0.15) is 5.69 Å². The zero-order chi connectivity index (χ0) is 8.72. The van der Waals surface area contributed by atoms with Crippen molar-refractivity contribution in [2.24, 2.45) is 0 Å². The molecule has 0 bridgehead atoms. The van der Waals surface area contributed by atoms with Crippen LogP contribution in [0.3, 0.4) is 0 Å². The van der Waals surface area contributed by atoms with Gasteiger partial charge in [0, 0.05) is 5.69 Å². The van der Waals surface area contributed by atoms with E-state index < -0.39 is 0 Å². The SMILES string of the molecule is Cc1ccc(N)c2nc(N)nn12. The molecular weight excluding hydrogens is 154 g/mol. The quantitative estimate of drug-likeness (QED) is 0.581. The van der Waals surface area contributed by atoms with E-state index in [0.29, 0.717) is 11.3 Å². The maximum absolute atomic E-state index is 5.66. The van der Waals surface area contributed by atoms with E-state index in [9.17, 15) is 0 Å². The van der Waals surface area contributed by atoms with Crippen molar-refractivity contribution < 1.29 is 0 Å². The van der Waals surface area contributed by atoms with Crippen molar-refractivity contribution in [2.45, 2.75) is 6.92 Å². The molecule has 2 heterocycles. The topological polar surface area (TPSA) is 82.2 Å². The number of nitrogen functional groups attached to an aromatic ring is 2. The third kappa shape index (κ3) is 0.795. The van der Waals surface area contributed by atoms with Crippen LogP contribution in [0.25, 0.3) is 5.65 Å². The number of hydrogen-bond donors (Lipinski definition) is 2. The number of anilines is 2. The van der Waals surface area contributed by atoms with E-state index in [1.807, 2.05) is 13.0 Å². The Morgan fingerprint density at radius 2 is 2.08 bits per heavy atom. The number of fused-ring (bicyclic) bond motifs is 1. The molecule has 0 unspecified atom stereocenters. The predicted molar refractivity (Wildman–Crippen MR) is 46.5 cm³/mol. The fourth-order valence-electron chi connectivity index (χ4n) is 1.12. The summed E-state index contributed by atoms with van der Waals surface area (Å²) in [6, 6.07) is 3.66. The summed E-state index contributed by atoms with van der Waals surface area (Å²) in [5.74, 6) is 0.246. The second-order valence-corrected chi connectivity index (χ2v) is 2.64. The Labute approximate surface area is 69.0 Å². The fraction of sp³-hybridized carbons (Fsp3) is 0.143. The lowest BCUT2D eigenvalue weighted by Crippen LogP contribution is -1.97. The zero-order valence-corrected chi connectivity index (χ0v) is 6.65. The van der Waals surface area contributed by atoms with Crippen molar-refractivity contribution in [2.75, 3.05) is 11.5 Å². The first kappa shape index (κ1) is 6.90. The number of rotatable bonds is 0. The average molecular weight is 163 g/mol. The Morgan fingerprint density at radius 1 is 1.33 bits per heavy atom. The summed E-state index contributed by atoms with van der Waals surface area (Å²) in [5.41, 5.74) is 13.3. The molecule has 0 saturated heterocycles. The van der Waals surface area contributed by atoms with Gasteiger partial charge in [0.05, 0.1) is 5.69 Å². The lowest BCUT2D eigenvalue weighted by atomic mass is 10.3. The van der Waals surface area contributed by atoms with Gasteiger partial charge >= 0.3 is 0 Å². The molecule has 0 aliphatic rings. The first-order chi connectivity index (χ1) is 5.68. The van der Waals surface area contributed by atoms with Crippen LogP contribution in [0, 0.1) is 6.92 Å². The molecule has 5 heteroatoms. The molecule has 0 amide bonds. The molecule has 4 N–H and O–H groups in total. The van der Waals surface area contributed by atoms with Gasteiger partial charge in [-0.3, -0.25) is 0 Å². The number of hydrogen-bond acceptors (Lipinski definition) is 4. The van der Waals surface area contributed by atoms with E-state index in [1.165, 1.54) is 0 Å². The molecule has 2 aromatic rings. The number of aryl methyl sites for hydroxylation is 1. The molecule has 0 fully saturated rings. The molecule has 0 saturated carbocycles. The second kappa shape index (κ2) is 2.10. The Bertz CT molecular complexity index is 392. The van der Waals surface area contributed by atoms with Gasteiger partial charge < -0.3 is 11.5 Å². The van der Waals surface area contributed by atoms with Crippen LogP contribution < -0.4 is 11.5 Å². The van der Waals surface area contributed by atoms with Gasteiger partial charge in [0.15, 0.2) is 5.65 Å². The monoisotopic (exact) mass is 163 g/mol. The molecule has 0 radical (unpaired) electrons. The molecule has 0 spiro atoms. The summed E-state index contributed by atoms with van der Waals surface area (Å²) in [6.45, 7) is 1.92. The third-order valence-electron chi connectivity index (χ3n) is 1.72. The highest BCUT2D eigenvalue weighted by molar-refractivity contribution is 5.65. The normalized spacial score (nSPS) is 10.8. The van der Waals surface area contributed by atoms with E-state index in [2.05, 4.69) is 10.1 Å². The summed E-state index contributed by atoms with van der Waals surface area (Å²) >= 11 is 0. The van der Waals surface area contributed by atoms with Gasteiger partial charge in [0.25, 0.3) is 0 Å². The minimum atomic E-state index is 0.246. The van der Waals surface area contributed by atoms with Gasteiger partial charge in [-0.1, -0.05) is 0 Å². The maximum atomic E-state index is 5.66. The molecule has 12 heavy (non-hydrogen) atoms. The van der Waals surface area contributed by atoms with Crippen LogP contribution in [0.2, 0.25) is 0 Å².